The lowest BCUT2D eigenvalue weighted by Crippen LogP contribution is -2.22. The van der Waals surface area contributed by atoms with Gasteiger partial charge in [0.1, 0.15) is 0 Å². The summed E-state index contributed by atoms with van der Waals surface area (Å²) in [7, 11) is 2.08. The molecule has 1 unspecified atom stereocenters. The highest BCUT2D eigenvalue weighted by atomic mass is 79.9. The van der Waals surface area contributed by atoms with Crippen LogP contribution in [-0.4, -0.2) is 11.9 Å². The largest absolute Gasteiger partial charge is 0.398 e. The van der Waals surface area contributed by atoms with Crippen LogP contribution in [0.25, 0.3) is 0 Å². The highest BCUT2D eigenvalue weighted by molar-refractivity contribution is 9.10. The molecule has 106 valence electrons. The summed E-state index contributed by atoms with van der Waals surface area (Å²) >= 11 is 9.69. The molecule has 0 fully saturated rings. The van der Waals surface area contributed by atoms with Crippen molar-refractivity contribution in [1.29, 1.82) is 0 Å². The third-order valence-corrected chi connectivity index (χ3v) is 4.38. The third kappa shape index (κ3) is 3.54. The Labute approximate surface area is 133 Å². The zero-order valence-electron chi connectivity index (χ0n) is 11.6. The van der Waals surface area contributed by atoms with Gasteiger partial charge in [-0.2, -0.15) is 0 Å². The van der Waals surface area contributed by atoms with Crippen LogP contribution >= 0.6 is 27.5 Å². The Morgan fingerprint density at radius 3 is 2.60 bits per heavy atom. The number of halogens is 2. The molecule has 0 bridgehead atoms. The molecule has 0 aliphatic heterocycles. The predicted molar refractivity (Wildman–Crippen MR) is 89.9 cm³/mol. The van der Waals surface area contributed by atoms with E-state index in [2.05, 4.69) is 46.9 Å². The summed E-state index contributed by atoms with van der Waals surface area (Å²) in [5.74, 6) is 0. The van der Waals surface area contributed by atoms with E-state index in [1.165, 1.54) is 0 Å². The molecule has 0 aliphatic rings. The van der Waals surface area contributed by atoms with Gasteiger partial charge in [0.25, 0.3) is 0 Å². The van der Waals surface area contributed by atoms with Gasteiger partial charge < -0.3 is 5.73 Å². The van der Waals surface area contributed by atoms with Crippen LogP contribution in [0.4, 0.5) is 5.69 Å². The maximum Gasteiger partial charge on any atom is 0.0453 e. The number of nitrogens with zero attached hydrogens (tertiary/aromatic N) is 1. The van der Waals surface area contributed by atoms with E-state index in [9.17, 15) is 0 Å². The fraction of sp³-hybridized carbons (Fsp3) is 0.250. The molecule has 1 atom stereocenters. The molecule has 0 radical (unpaired) electrons. The molecular formula is C16H18BrClN2. The minimum Gasteiger partial charge on any atom is -0.398 e. The number of anilines is 1. The maximum absolute atomic E-state index is 6.26. The van der Waals surface area contributed by atoms with Gasteiger partial charge in [0.15, 0.2) is 0 Å². The Morgan fingerprint density at radius 2 is 1.95 bits per heavy atom. The summed E-state index contributed by atoms with van der Waals surface area (Å²) in [6, 6.07) is 14.2. The Kier molecular flexibility index (Phi) is 5.08. The molecule has 0 saturated heterocycles. The Hall–Kier alpha value is -1.03. The molecule has 2 nitrogen and oxygen atoms in total. The van der Waals surface area contributed by atoms with Gasteiger partial charge in [-0.1, -0.05) is 51.8 Å². The van der Waals surface area contributed by atoms with E-state index < -0.39 is 0 Å². The average Bonchev–Trinajstić information content (AvgIpc) is 2.41. The molecule has 0 spiro atoms. The Morgan fingerprint density at radius 1 is 1.25 bits per heavy atom. The predicted octanol–water partition coefficient (Wildman–Crippen LogP) is 4.88. The van der Waals surface area contributed by atoms with Gasteiger partial charge in [-0.15, -0.1) is 0 Å². The van der Waals surface area contributed by atoms with Crippen LogP contribution in [0.1, 0.15) is 24.1 Å². The first-order chi connectivity index (χ1) is 9.49. The lowest BCUT2D eigenvalue weighted by molar-refractivity contribution is 0.253. The number of hydrogen-bond donors (Lipinski definition) is 1. The standard InChI is InChI=1S/C16H18BrClN2/c1-11(14-5-3-4-6-15(14)18)20(2)10-12-7-8-13(17)9-16(12)19/h3-9,11H,10,19H2,1-2H3. The fourth-order valence-corrected chi connectivity index (χ4v) is 2.84. The van der Waals surface area contributed by atoms with Gasteiger partial charge in [-0.3, -0.25) is 4.90 Å². The lowest BCUT2D eigenvalue weighted by Gasteiger charge is -2.26. The van der Waals surface area contributed by atoms with Crippen molar-refractivity contribution in [1.82, 2.24) is 4.90 Å². The van der Waals surface area contributed by atoms with Crippen LogP contribution in [-0.2, 0) is 6.54 Å². The first kappa shape index (κ1) is 15.4. The van der Waals surface area contributed by atoms with Crippen molar-refractivity contribution in [3.05, 3.63) is 63.1 Å². The van der Waals surface area contributed by atoms with E-state index in [1.54, 1.807) is 0 Å². The van der Waals surface area contributed by atoms with E-state index in [-0.39, 0.29) is 6.04 Å². The minimum absolute atomic E-state index is 0.228. The molecule has 0 heterocycles. The third-order valence-electron chi connectivity index (χ3n) is 3.54. The molecule has 2 N–H and O–H groups in total. The summed E-state index contributed by atoms with van der Waals surface area (Å²) in [4.78, 5) is 2.24. The zero-order valence-corrected chi connectivity index (χ0v) is 13.9. The van der Waals surface area contributed by atoms with Crippen molar-refractivity contribution in [2.75, 3.05) is 12.8 Å². The van der Waals surface area contributed by atoms with E-state index in [4.69, 9.17) is 17.3 Å². The molecule has 4 heteroatoms. The maximum atomic E-state index is 6.26. The Bertz CT molecular complexity index is 601. The first-order valence-corrected chi connectivity index (χ1v) is 7.64. The summed E-state index contributed by atoms with van der Waals surface area (Å²) in [5, 5.41) is 0.802. The first-order valence-electron chi connectivity index (χ1n) is 6.47. The SMILES string of the molecule is CC(c1ccccc1Cl)N(C)Cc1ccc(Br)cc1N. The summed E-state index contributed by atoms with van der Waals surface area (Å²) in [5.41, 5.74) is 9.11. The van der Waals surface area contributed by atoms with Gasteiger partial charge in [-0.25, -0.2) is 0 Å². The quantitative estimate of drug-likeness (QED) is 0.794. The van der Waals surface area contributed by atoms with E-state index in [1.807, 2.05) is 30.3 Å². The summed E-state index contributed by atoms with van der Waals surface area (Å²) < 4.78 is 1.00. The second kappa shape index (κ2) is 6.61. The Balaban J connectivity index is 2.15. The van der Waals surface area contributed by atoms with Crippen LogP contribution in [0.2, 0.25) is 5.02 Å². The number of hydrogen-bond acceptors (Lipinski definition) is 2. The molecular weight excluding hydrogens is 336 g/mol. The topological polar surface area (TPSA) is 29.3 Å². The second-order valence-corrected chi connectivity index (χ2v) is 6.28. The average molecular weight is 354 g/mol. The molecule has 20 heavy (non-hydrogen) atoms. The van der Waals surface area contributed by atoms with Crippen LogP contribution in [0.3, 0.4) is 0 Å². The minimum atomic E-state index is 0.228. The van der Waals surface area contributed by atoms with E-state index >= 15 is 0 Å². The lowest BCUT2D eigenvalue weighted by atomic mass is 10.1. The number of nitrogens with two attached hydrogens (primary N) is 1. The van der Waals surface area contributed by atoms with Crippen LogP contribution in [0.15, 0.2) is 46.9 Å². The van der Waals surface area contributed by atoms with Crippen molar-refractivity contribution in [2.24, 2.45) is 0 Å². The van der Waals surface area contributed by atoms with Crippen LogP contribution < -0.4 is 5.73 Å². The van der Waals surface area contributed by atoms with E-state index in [0.717, 1.165) is 32.9 Å². The summed E-state index contributed by atoms with van der Waals surface area (Å²) in [6.45, 7) is 2.93. The summed E-state index contributed by atoms with van der Waals surface area (Å²) in [6.07, 6.45) is 0. The van der Waals surface area contributed by atoms with Gasteiger partial charge in [0, 0.05) is 27.8 Å². The molecule has 0 aliphatic carbocycles. The van der Waals surface area contributed by atoms with Crippen LogP contribution in [0.5, 0.6) is 0 Å². The molecule has 2 aromatic rings. The molecule has 0 aromatic heterocycles. The zero-order chi connectivity index (χ0) is 14.7. The van der Waals surface area contributed by atoms with Crippen LogP contribution in [0, 0.1) is 0 Å². The van der Waals surface area contributed by atoms with Crippen molar-refractivity contribution in [2.45, 2.75) is 19.5 Å². The second-order valence-electron chi connectivity index (χ2n) is 4.96. The highest BCUT2D eigenvalue weighted by Gasteiger charge is 2.15. The normalized spacial score (nSPS) is 12.7. The van der Waals surface area contributed by atoms with E-state index in [0.29, 0.717) is 0 Å². The van der Waals surface area contributed by atoms with Crippen molar-refractivity contribution in [3.63, 3.8) is 0 Å². The smallest absolute Gasteiger partial charge is 0.0453 e. The van der Waals surface area contributed by atoms with Gasteiger partial charge in [0.05, 0.1) is 0 Å². The van der Waals surface area contributed by atoms with Gasteiger partial charge >= 0.3 is 0 Å². The van der Waals surface area contributed by atoms with Gasteiger partial charge in [0.2, 0.25) is 0 Å². The molecule has 0 amide bonds. The van der Waals surface area contributed by atoms with Crippen molar-refractivity contribution >= 4 is 33.2 Å². The van der Waals surface area contributed by atoms with Gasteiger partial charge in [-0.05, 0) is 43.3 Å². The number of nitrogen functional groups attached to an aromatic ring is 1. The number of rotatable bonds is 4. The fourth-order valence-electron chi connectivity index (χ4n) is 2.17. The van der Waals surface area contributed by atoms with Crippen molar-refractivity contribution in [3.8, 4) is 0 Å². The van der Waals surface area contributed by atoms with Crippen molar-refractivity contribution < 1.29 is 0 Å². The molecule has 2 rings (SSSR count). The highest BCUT2D eigenvalue weighted by Crippen LogP contribution is 2.28. The number of benzene rings is 2. The monoisotopic (exact) mass is 352 g/mol. The molecule has 0 saturated carbocycles. The molecule has 2 aromatic carbocycles.